The van der Waals surface area contributed by atoms with Gasteiger partial charge in [-0.15, -0.1) is 0 Å². The second-order valence-corrected chi connectivity index (χ2v) is 4.99. The Kier molecular flexibility index (Phi) is 4.52. The smallest absolute Gasteiger partial charge is 0.256 e. The van der Waals surface area contributed by atoms with Gasteiger partial charge in [-0.3, -0.25) is 0 Å². The van der Waals surface area contributed by atoms with Crippen molar-refractivity contribution in [1.82, 2.24) is 4.98 Å². The topological polar surface area (TPSA) is 93.9 Å². The average Bonchev–Trinajstić information content (AvgIpc) is 2.89. The van der Waals surface area contributed by atoms with Crippen molar-refractivity contribution in [2.24, 2.45) is 10.9 Å². The van der Waals surface area contributed by atoms with E-state index < -0.39 is 0 Å². The predicted molar refractivity (Wildman–Crippen MR) is 76.3 cm³/mol. The maximum absolute atomic E-state index is 8.71. The van der Waals surface area contributed by atoms with Crippen LogP contribution in [0.1, 0.15) is 16.8 Å². The van der Waals surface area contributed by atoms with Crippen molar-refractivity contribution in [2.45, 2.75) is 17.9 Å². The quantitative estimate of drug-likeness (QED) is 0.289. The molecule has 0 aliphatic carbocycles. The van der Waals surface area contributed by atoms with Crippen molar-refractivity contribution in [2.75, 3.05) is 7.11 Å². The Balaban J connectivity index is 2.13. The maximum atomic E-state index is 8.71. The van der Waals surface area contributed by atoms with E-state index in [1.807, 2.05) is 19.1 Å². The van der Waals surface area contributed by atoms with Crippen LogP contribution in [0.2, 0.25) is 0 Å². The number of methoxy groups -OCH3 is 1. The molecule has 1 heterocycles. The van der Waals surface area contributed by atoms with Crippen LogP contribution in [0.15, 0.2) is 39.3 Å². The first-order valence-electron chi connectivity index (χ1n) is 5.83. The highest BCUT2D eigenvalue weighted by molar-refractivity contribution is 7.98. The van der Waals surface area contributed by atoms with Gasteiger partial charge in [0.15, 0.2) is 5.84 Å². The van der Waals surface area contributed by atoms with Crippen molar-refractivity contribution in [3.8, 4) is 5.75 Å². The van der Waals surface area contributed by atoms with Crippen LogP contribution < -0.4 is 10.5 Å². The minimum Gasteiger partial charge on any atom is -0.496 e. The number of aryl methyl sites for hydroxylation is 1. The molecule has 0 unspecified atom stereocenters. The van der Waals surface area contributed by atoms with Crippen molar-refractivity contribution in [3.63, 3.8) is 0 Å². The van der Waals surface area contributed by atoms with Gasteiger partial charge in [-0.25, -0.2) is 4.98 Å². The third-order valence-electron chi connectivity index (χ3n) is 2.61. The summed E-state index contributed by atoms with van der Waals surface area (Å²) >= 11 is 1.49. The molecule has 106 valence electrons. The summed E-state index contributed by atoms with van der Waals surface area (Å²) in [4.78, 5) is 4.22. The molecule has 0 aliphatic heterocycles. The molecule has 0 fully saturated rings. The number of nitrogens with zero attached hydrogens (tertiary/aromatic N) is 2. The maximum Gasteiger partial charge on any atom is 0.256 e. The van der Waals surface area contributed by atoms with Crippen LogP contribution in [0, 0.1) is 6.92 Å². The van der Waals surface area contributed by atoms with Crippen molar-refractivity contribution in [1.29, 1.82) is 0 Å². The highest BCUT2D eigenvalue weighted by atomic mass is 32.2. The number of thioether (sulfide) groups is 1. The van der Waals surface area contributed by atoms with E-state index in [2.05, 4.69) is 10.1 Å². The number of hydrogen-bond donors (Lipinski definition) is 2. The second-order valence-electron chi connectivity index (χ2n) is 4.06. The van der Waals surface area contributed by atoms with Crippen LogP contribution in [-0.2, 0) is 5.75 Å². The van der Waals surface area contributed by atoms with E-state index in [1.165, 1.54) is 18.9 Å². The monoisotopic (exact) mass is 293 g/mol. The number of nitrogens with two attached hydrogens (primary N) is 1. The Morgan fingerprint density at radius 2 is 2.35 bits per heavy atom. The lowest BCUT2D eigenvalue weighted by Crippen LogP contribution is -2.14. The number of rotatable bonds is 5. The Hall–Kier alpha value is -2.15. The molecule has 0 aliphatic rings. The minimum absolute atomic E-state index is 0.0179. The molecular weight excluding hydrogens is 278 g/mol. The minimum atomic E-state index is 0.0179. The lowest BCUT2D eigenvalue weighted by molar-refractivity contribution is 0.318. The molecule has 0 saturated carbocycles. The molecule has 1 aromatic carbocycles. The number of hydrogen-bond acceptors (Lipinski definition) is 6. The Labute approximate surface area is 120 Å². The molecule has 7 heteroatoms. The number of oxime groups is 1. The first-order valence-corrected chi connectivity index (χ1v) is 6.82. The fourth-order valence-electron chi connectivity index (χ4n) is 1.63. The zero-order valence-electron chi connectivity index (χ0n) is 11.2. The van der Waals surface area contributed by atoms with E-state index in [0.29, 0.717) is 22.3 Å². The number of benzene rings is 1. The number of oxazole rings is 1. The van der Waals surface area contributed by atoms with Crippen LogP contribution in [0.4, 0.5) is 0 Å². The Morgan fingerprint density at radius 3 is 2.95 bits per heavy atom. The summed E-state index contributed by atoms with van der Waals surface area (Å²) < 4.78 is 10.5. The predicted octanol–water partition coefficient (Wildman–Crippen LogP) is 2.38. The summed E-state index contributed by atoms with van der Waals surface area (Å²) in [6, 6.07) is 5.49. The molecule has 20 heavy (non-hydrogen) atoms. The van der Waals surface area contributed by atoms with Crippen molar-refractivity contribution in [3.05, 3.63) is 41.3 Å². The SMILES string of the molecule is COc1cc(CSc2nc(C)co2)ccc1/C(N)=N/O. The molecule has 0 amide bonds. The highest BCUT2D eigenvalue weighted by Crippen LogP contribution is 2.26. The van der Waals surface area contributed by atoms with E-state index >= 15 is 0 Å². The fourth-order valence-corrected chi connectivity index (χ4v) is 2.43. The summed E-state index contributed by atoms with van der Waals surface area (Å²) in [5.74, 6) is 1.26. The molecule has 0 spiro atoms. The highest BCUT2D eigenvalue weighted by Gasteiger charge is 2.10. The average molecular weight is 293 g/mol. The Morgan fingerprint density at radius 1 is 1.55 bits per heavy atom. The Bertz CT molecular complexity index is 625. The standard InChI is InChI=1S/C13H15N3O3S/c1-8-6-19-13(15-8)20-7-9-3-4-10(12(14)16-17)11(5-9)18-2/h3-6,17H,7H2,1-2H3,(H2,14,16). The molecule has 0 saturated heterocycles. The summed E-state index contributed by atoms with van der Waals surface area (Å²) in [7, 11) is 1.54. The van der Waals surface area contributed by atoms with Crippen LogP contribution in [0.25, 0.3) is 0 Å². The molecule has 6 nitrogen and oxygen atoms in total. The first kappa shape index (κ1) is 14.3. The lowest BCUT2D eigenvalue weighted by atomic mass is 10.1. The molecule has 0 radical (unpaired) electrons. The van der Waals surface area contributed by atoms with Gasteiger partial charge in [0.2, 0.25) is 0 Å². The molecule has 2 aromatic rings. The van der Waals surface area contributed by atoms with Crippen LogP contribution in [0.3, 0.4) is 0 Å². The van der Waals surface area contributed by atoms with Gasteiger partial charge in [0, 0.05) is 5.75 Å². The van der Waals surface area contributed by atoms with Crippen LogP contribution in [-0.4, -0.2) is 23.1 Å². The van der Waals surface area contributed by atoms with E-state index in [4.69, 9.17) is 20.1 Å². The summed E-state index contributed by atoms with van der Waals surface area (Å²) in [5.41, 5.74) is 8.01. The van der Waals surface area contributed by atoms with Gasteiger partial charge in [0.1, 0.15) is 12.0 Å². The third-order valence-corrected chi connectivity index (χ3v) is 3.52. The third kappa shape index (κ3) is 3.24. The van der Waals surface area contributed by atoms with Gasteiger partial charge in [-0.1, -0.05) is 23.0 Å². The summed E-state index contributed by atoms with van der Waals surface area (Å²) in [6.07, 6.45) is 1.62. The van der Waals surface area contributed by atoms with Gasteiger partial charge in [0.25, 0.3) is 5.22 Å². The van der Waals surface area contributed by atoms with Gasteiger partial charge in [-0.2, -0.15) is 0 Å². The van der Waals surface area contributed by atoms with Gasteiger partial charge in [0.05, 0.1) is 18.4 Å². The van der Waals surface area contributed by atoms with Gasteiger partial charge < -0.3 is 20.1 Å². The summed E-state index contributed by atoms with van der Waals surface area (Å²) in [6.45, 7) is 1.88. The largest absolute Gasteiger partial charge is 0.496 e. The fraction of sp³-hybridized carbons (Fsp3) is 0.231. The molecule has 2 rings (SSSR count). The molecule has 1 aromatic heterocycles. The molecule has 0 atom stereocenters. The molecule has 3 N–H and O–H groups in total. The van der Waals surface area contributed by atoms with E-state index in [9.17, 15) is 0 Å². The number of ether oxygens (including phenoxy) is 1. The second kappa shape index (κ2) is 6.33. The van der Waals surface area contributed by atoms with Gasteiger partial charge >= 0.3 is 0 Å². The van der Waals surface area contributed by atoms with Crippen LogP contribution in [0.5, 0.6) is 5.75 Å². The van der Waals surface area contributed by atoms with E-state index in [1.54, 1.807) is 12.3 Å². The van der Waals surface area contributed by atoms with Crippen molar-refractivity contribution < 1.29 is 14.4 Å². The van der Waals surface area contributed by atoms with E-state index in [-0.39, 0.29) is 5.84 Å². The molecule has 0 bridgehead atoms. The first-order chi connectivity index (χ1) is 9.63. The van der Waals surface area contributed by atoms with Crippen molar-refractivity contribution >= 4 is 17.6 Å². The zero-order valence-corrected chi connectivity index (χ0v) is 12.0. The van der Waals surface area contributed by atoms with E-state index in [0.717, 1.165) is 11.3 Å². The normalized spacial score (nSPS) is 11.6. The summed E-state index contributed by atoms with van der Waals surface area (Å²) in [5, 5.41) is 12.3. The van der Waals surface area contributed by atoms with Crippen LogP contribution >= 0.6 is 11.8 Å². The lowest BCUT2D eigenvalue weighted by Gasteiger charge is -2.09. The van der Waals surface area contributed by atoms with Gasteiger partial charge in [-0.05, 0) is 24.6 Å². The number of aromatic nitrogens is 1. The molecular formula is C13H15N3O3S. The zero-order chi connectivity index (χ0) is 14.5. The number of amidine groups is 1.